The molecule has 0 unspecified atom stereocenters. The Morgan fingerprint density at radius 1 is 0.905 bits per heavy atom. The van der Waals surface area contributed by atoms with Crippen molar-refractivity contribution in [2.24, 2.45) is 0 Å². The lowest BCUT2D eigenvalue weighted by atomic mass is 9.98. The molecule has 0 fully saturated rings. The first-order valence-corrected chi connectivity index (χ1v) is 13.9. The average molecular weight is 579 g/mol. The lowest BCUT2D eigenvalue weighted by Crippen LogP contribution is -2.27. The zero-order chi connectivity index (χ0) is 29.4. The van der Waals surface area contributed by atoms with E-state index in [1.807, 2.05) is 75.4 Å². The second-order valence-corrected chi connectivity index (χ2v) is 10.5. The maximum absolute atomic E-state index is 14.5. The highest BCUT2D eigenvalue weighted by Gasteiger charge is 2.24. The van der Waals surface area contributed by atoms with Gasteiger partial charge in [0, 0.05) is 41.2 Å². The number of nitrogens with one attached hydrogen (secondary N) is 2. The molecule has 0 radical (unpaired) electrons. The number of para-hydroxylation sites is 1. The van der Waals surface area contributed by atoms with Crippen LogP contribution in [0.3, 0.4) is 0 Å². The van der Waals surface area contributed by atoms with Crippen molar-refractivity contribution in [3.63, 3.8) is 0 Å². The van der Waals surface area contributed by atoms with E-state index in [-0.39, 0.29) is 17.1 Å². The van der Waals surface area contributed by atoms with E-state index in [1.54, 1.807) is 16.8 Å². The molecular weight excluding hydrogens is 552 g/mol. The number of fused-ring (bicyclic) bond motifs is 2. The van der Waals surface area contributed by atoms with Gasteiger partial charge in [0.05, 0.1) is 28.2 Å². The molecule has 0 saturated carbocycles. The number of halogens is 1. The van der Waals surface area contributed by atoms with Gasteiger partial charge in [-0.15, -0.1) is 0 Å². The molecule has 2 aromatic carbocycles. The van der Waals surface area contributed by atoms with Crippen LogP contribution in [0.2, 0.25) is 5.02 Å². The Kier molecular flexibility index (Phi) is 7.18. The average Bonchev–Trinajstić information content (AvgIpc) is 2.99. The van der Waals surface area contributed by atoms with Crippen molar-refractivity contribution in [1.29, 1.82) is 0 Å². The van der Waals surface area contributed by atoms with E-state index in [1.165, 1.54) is 18.6 Å². The summed E-state index contributed by atoms with van der Waals surface area (Å²) in [7, 11) is 0. The van der Waals surface area contributed by atoms with Crippen LogP contribution in [0.5, 0.6) is 5.88 Å². The van der Waals surface area contributed by atoms with Gasteiger partial charge in [0.15, 0.2) is 5.43 Å². The van der Waals surface area contributed by atoms with Gasteiger partial charge in [0.1, 0.15) is 23.2 Å². The Labute approximate surface area is 245 Å². The summed E-state index contributed by atoms with van der Waals surface area (Å²) in [4.78, 5) is 43.1. The number of anilines is 1. The highest BCUT2D eigenvalue weighted by molar-refractivity contribution is 6.36. The molecule has 0 saturated heterocycles. The summed E-state index contributed by atoms with van der Waals surface area (Å²) in [6, 6.07) is 19.5. The summed E-state index contributed by atoms with van der Waals surface area (Å²) in [5.41, 5.74) is 2.56. The number of hydrogen-bond acceptors (Lipinski definition) is 7. The number of ether oxygens (including phenoxy) is 1. The second-order valence-electron chi connectivity index (χ2n) is 10.1. The highest BCUT2D eigenvalue weighted by Crippen LogP contribution is 2.36. The normalized spacial score (nSPS) is 12.1. The number of rotatable bonds is 7. The van der Waals surface area contributed by atoms with Crippen LogP contribution in [-0.4, -0.2) is 30.6 Å². The van der Waals surface area contributed by atoms with Crippen LogP contribution < -0.4 is 21.0 Å². The molecule has 4 aromatic heterocycles. The van der Waals surface area contributed by atoms with Gasteiger partial charge in [0.25, 0.3) is 5.56 Å². The summed E-state index contributed by atoms with van der Waals surface area (Å²) >= 11 is 7.19. The highest BCUT2D eigenvalue weighted by atomic mass is 35.5. The molecule has 0 aliphatic heterocycles. The molecule has 0 spiro atoms. The van der Waals surface area contributed by atoms with Crippen LogP contribution in [0.1, 0.15) is 32.5 Å². The number of nitrogens with zero attached hydrogens (tertiary/aromatic N) is 4. The first kappa shape index (κ1) is 27.2. The fraction of sp³-hybridized carbons (Fsp3) is 0.156. The minimum absolute atomic E-state index is 0.00879. The third kappa shape index (κ3) is 4.88. The van der Waals surface area contributed by atoms with E-state index in [0.29, 0.717) is 55.5 Å². The molecule has 6 aromatic rings. The van der Waals surface area contributed by atoms with Crippen LogP contribution in [0.4, 0.5) is 5.82 Å². The van der Waals surface area contributed by atoms with E-state index in [4.69, 9.17) is 16.3 Å². The molecule has 0 aliphatic rings. The lowest BCUT2D eigenvalue weighted by molar-refractivity contribution is 0.232. The molecule has 2 N–H and O–H groups in total. The molecule has 0 amide bonds. The summed E-state index contributed by atoms with van der Waals surface area (Å²) in [5, 5.41) is 5.09. The zero-order valence-electron chi connectivity index (χ0n) is 23.1. The summed E-state index contributed by atoms with van der Waals surface area (Å²) < 4.78 is 7.32. The molecular formula is C32H27ClN6O3. The number of H-pyrrole nitrogens is 1. The lowest BCUT2D eigenvalue weighted by Gasteiger charge is -2.24. The van der Waals surface area contributed by atoms with Crippen LogP contribution in [0.25, 0.3) is 38.6 Å². The number of aromatic amines is 1. The van der Waals surface area contributed by atoms with E-state index in [0.717, 1.165) is 5.56 Å². The molecule has 0 bridgehead atoms. The topological polar surface area (TPSA) is 115 Å². The van der Waals surface area contributed by atoms with Gasteiger partial charge in [-0.25, -0.2) is 15.0 Å². The van der Waals surface area contributed by atoms with Crippen molar-refractivity contribution < 1.29 is 4.74 Å². The largest absolute Gasteiger partial charge is 0.475 e. The molecule has 9 nitrogen and oxygen atoms in total. The molecule has 42 heavy (non-hydrogen) atoms. The van der Waals surface area contributed by atoms with Crippen molar-refractivity contribution >= 4 is 39.2 Å². The smallest absolute Gasteiger partial charge is 0.263 e. The maximum Gasteiger partial charge on any atom is 0.263 e. The van der Waals surface area contributed by atoms with Crippen molar-refractivity contribution in [1.82, 2.24) is 24.5 Å². The van der Waals surface area contributed by atoms with Crippen molar-refractivity contribution in [3.8, 4) is 22.7 Å². The zero-order valence-corrected chi connectivity index (χ0v) is 23.9. The SMILES string of the molecule is CC(C)Oc1ccc(-c2cccc3c(Cl)c([C@H](C)Nc4ncnc5[nH]ccc(=O)c45)n(-c4ccccc4)c(=O)c23)cn1. The Hall–Kier alpha value is -5.02. The Morgan fingerprint density at radius 3 is 2.45 bits per heavy atom. The minimum Gasteiger partial charge on any atom is -0.475 e. The van der Waals surface area contributed by atoms with Gasteiger partial charge in [-0.1, -0.05) is 48.0 Å². The Morgan fingerprint density at radius 2 is 1.71 bits per heavy atom. The van der Waals surface area contributed by atoms with Gasteiger partial charge in [-0.05, 0) is 44.5 Å². The van der Waals surface area contributed by atoms with Crippen LogP contribution in [0.15, 0.2) is 95.0 Å². The van der Waals surface area contributed by atoms with Crippen molar-refractivity contribution in [2.45, 2.75) is 32.9 Å². The second kappa shape index (κ2) is 11.1. The van der Waals surface area contributed by atoms with Crippen LogP contribution >= 0.6 is 11.6 Å². The molecule has 10 heteroatoms. The predicted octanol–water partition coefficient (Wildman–Crippen LogP) is 6.30. The third-order valence-corrected chi connectivity index (χ3v) is 7.31. The minimum atomic E-state index is -0.537. The number of aromatic nitrogens is 5. The summed E-state index contributed by atoms with van der Waals surface area (Å²) in [6.45, 7) is 5.75. The van der Waals surface area contributed by atoms with Crippen molar-refractivity contribution in [2.75, 3.05) is 5.32 Å². The van der Waals surface area contributed by atoms with Gasteiger partial charge in [-0.3, -0.25) is 14.2 Å². The quantitative estimate of drug-likeness (QED) is 0.228. The molecule has 4 heterocycles. The Bertz CT molecular complexity index is 2030. The molecule has 1 atom stereocenters. The first-order chi connectivity index (χ1) is 20.3. The van der Waals surface area contributed by atoms with E-state index in [9.17, 15) is 9.59 Å². The van der Waals surface area contributed by atoms with Gasteiger partial charge < -0.3 is 15.0 Å². The third-order valence-electron chi connectivity index (χ3n) is 6.91. The molecule has 0 aliphatic carbocycles. The van der Waals surface area contributed by atoms with E-state index < -0.39 is 6.04 Å². The molecule has 6 rings (SSSR count). The van der Waals surface area contributed by atoms with Crippen LogP contribution in [0, 0.1) is 0 Å². The summed E-state index contributed by atoms with van der Waals surface area (Å²) in [6.07, 6.45) is 4.60. The Balaban J connectivity index is 1.56. The standard InChI is InChI=1S/C32H27ClN6O3/c1-18(2)42-25-13-12-20(16-35-25)22-10-7-11-23-26(22)32(41)39(21-8-5-4-6-9-21)29(28(23)33)19(3)38-31-27-24(40)14-15-34-30(27)36-17-37-31/h4-19H,1-3H3,(H2,34,36,37,38,40)/t19-/m0/s1. The van der Waals surface area contributed by atoms with Crippen LogP contribution in [-0.2, 0) is 0 Å². The fourth-order valence-electron chi connectivity index (χ4n) is 5.12. The first-order valence-electron chi connectivity index (χ1n) is 13.5. The fourth-order valence-corrected chi connectivity index (χ4v) is 5.53. The molecule has 210 valence electrons. The maximum atomic E-state index is 14.5. The van der Waals surface area contributed by atoms with E-state index >= 15 is 0 Å². The van der Waals surface area contributed by atoms with Gasteiger partial charge >= 0.3 is 0 Å². The number of pyridine rings is 3. The van der Waals surface area contributed by atoms with Gasteiger partial charge in [0.2, 0.25) is 5.88 Å². The van der Waals surface area contributed by atoms with E-state index in [2.05, 4.69) is 25.3 Å². The van der Waals surface area contributed by atoms with Gasteiger partial charge in [-0.2, -0.15) is 0 Å². The monoisotopic (exact) mass is 578 g/mol. The number of hydrogen-bond donors (Lipinski definition) is 2. The predicted molar refractivity (Wildman–Crippen MR) is 166 cm³/mol. The van der Waals surface area contributed by atoms with Crippen molar-refractivity contribution in [3.05, 3.63) is 117 Å². The summed E-state index contributed by atoms with van der Waals surface area (Å²) in [5.74, 6) is 0.841. The number of benzene rings is 2.